The van der Waals surface area contributed by atoms with Gasteiger partial charge in [-0.15, -0.1) is 9.58 Å². The van der Waals surface area contributed by atoms with Crippen LogP contribution in [0.15, 0.2) is 29.2 Å². The van der Waals surface area contributed by atoms with Gasteiger partial charge in [0.1, 0.15) is 0 Å². The minimum Gasteiger partial charge on any atom is -0.359 e. The van der Waals surface area contributed by atoms with E-state index in [0.717, 1.165) is 5.56 Å². The number of benzene rings is 1. The first-order valence-electron chi connectivity index (χ1n) is 9.34. The molecule has 0 heterocycles. The quantitative estimate of drug-likeness (QED) is 0.213. The van der Waals surface area contributed by atoms with E-state index in [1.54, 1.807) is 6.92 Å². The number of hydrogen-bond acceptors (Lipinski definition) is 8. The maximum Gasteiger partial charge on any atom is 0.499 e. The van der Waals surface area contributed by atoms with Gasteiger partial charge in [-0.25, -0.2) is 33.7 Å². The van der Waals surface area contributed by atoms with E-state index in [0.29, 0.717) is 6.26 Å². The van der Waals surface area contributed by atoms with Gasteiger partial charge in [0, 0.05) is 0 Å². The lowest BCUT2D eigenvalue weighted by Gasteiger charge is -2.20. The smallest absolute Gasteiger partial charge is 0.359 e. The first kappa shape index (κ1) is 31.8. The first-order chi connectivity index (χ1) is 14.9. The van der Waals surface area contributed by atoms with Gasteiger partial charge < -0.3 is 11.1 Å². The maximum atomic E-state index is 12.0. The van der Waals surface area contributed by atoms with Gasteiger partial charge in [-0.3, -0.25) is 0 Å². The van der Waals surface area contributed by atoms with Crippen molar-refractivity contribution in [2.24, 2.45) is 0 Å². The zero-order valence-corrected chi connectivity index (χ0v) is 23.3. The molecule has 0 radical (unpaired) electrons. The Labute approximate surface area is 200 Å². The van der Waals surface area contributed by atoms with Crippen LogP contribution in [0.2, 0.25) is 0 Å². The summed E-state index contributed by atoms with van der Waals surface area (Å²) in [6.45, 7) is 9.79. The van der Waals surface area contributed by atoms with Crippen LogP contribution in [0.4, 0.5) is 0 Å². The Bertz CT molecular complexity index is 1420. The van der Waals surface area contributed by atoms with Crippen LogP contribution < -0.4 is 0 Å². The predicted molar refractivity (Wildman–Crippen MR) is 128 cm³/mol. The van der Waals surface area contributed by atoms with Crippen molar-refractivity contribution < 1.29 is 43.3 Å². The summed E-state index contributed by atoms with van der Waals surface area (Å²) < 4.78 is 88.9. The summed E-state index contributed by atoms with van der Waals surface area (Å²) in [5.41, 5.74) is 18.1. The summed E-state index contributed by atoms with van der Waals surface area (Å²) >= 11 is 0. The third-order valence-corrected chi connectivity index (χ3v) is 13.5. The van der Waals surface area contributed by atoms with Gasteiger partial charge in [0.15, 0.2) is 0 Å². The van der Waals surface area contributed by atoms with Crippen molar-refractivity contribution in [3.63, 3.8) is 0 Å². The fraction of sp³-hybridized carbons (Fsp3) is 0.556. The Kier molecular flexibility index (Phi) is 9.52. The monoisotopic (exact) mass is 556 g/mol. The lowest BCUT2D eigenvalue weighted by molar-refractivity contribution is 0.00333. The number of nitrogens with zero attached hydrogens (tertiary/aromatic N) is 4. The second-order valence-corrected chi connectivity index (χ2v) is 18.6. The molecular weight excluding hydrogens is 528 g/mol. The standard InChI is InChI=1S/C9H10N2O4S2.C9H18N2O4S2/c1-7-3-5-8(6-4-7)17(14,15)9(11-10)16(2,12)13;1-8(2,3)16(12,13)7(11-10)17(14,15)9(4,5)6/h3-6H,1-2H3;1-6H3. The molecule has 0 amide bonds. The molecular formula is C18H28N4O8S4. The fourth-order valence-corrected chi connectivity index (χ4v) is 8.67. The van der Waals surface area contributed by atoms with Crippen molar-refractivity contribution in [3.8, 4) is 0 Å². The Hall–Kier alpha value is -2.22. The molecule has 1 rings (SSSR count). The summed E-state index contributed by atoms with van der Waals surface area (Å²) in [7, 11) is -16.9. The van der Waals surface area contributed by atoms with Crippen LogP contribution in [0, 0.1) is 6.92 Å². The molecule has 0 saturated carbocycles. The molecule has 0 aliphatic heterocycles. The Morgan fingerprint density at radius 1 is 0.676 bits per heavy atom. The number of hydrogen-bond donors (Lipinski definition) is 0. The van der Waals surface area contributed by atoms with Crippen LogP contribution in [0.25, 0.3) is 11.1 Å². The molecule has 34 heavy (non-hydrogen) atoms. The van der Waals surface area contributed by atoms with Gasteiger partial charge in [0.25, 0.3) is 39.3 Å². The number of aryl methyl sites for hydroxylation is 1. The van der Waals surface area contributed by atoms with Crippen LogP contribution in [-0.2, 0) is 39.3 Å². The Morgan fingerprint density at radius 3 is 1.24 bits per heavy atom. The number of sulfone groups is 4. The van der Waals surface area contributed by atoms with Crippen LogP contribution in [-0.4, -0.2) is 67.8 Å². The van der Waals surface area contributed by atoms with Crippen molar-refractivity contribution >= 4 is 48.1 Å². The molecule has 0 aliphatic carbocycles. The van der Waals surface area contributed by atoms with E-state index in [2.05, 4.69) is 9.58 Å². The highest BCUT2D eigenvalue weighted by molar-refractivity contribution is 8.32. The molecule has 0 spiro atoms. The summed E-state index contributed by atoms with van der Waals surface area (Å²) in [5.74, 6) is 0. The zero-order chi connectivity index (χ0) is 27.6. The molecule has 1 aromatic carbocycles. The molecule has 0 bridgehead atoms. The van der Waals surface area contributed by atoms with E-state index in [1.807, 2.05) is 0 Å². The summed E-state index contributed by atoms with van der Waals surface area (Å²) in [5, 5.41) is 0. The second-order valence-electron chi connectivity index (χ2n) is 9.05. The highest BCUT2D eigenvalue weighted by Gasteiger charge is 2.53. The predicted octanol–water partition coefficient (Wildman–Crippen LogP) is 1.40. The van der Waals surface area contributed by atoms with Gasteiger partial charge >= 0.3 is 8.75 Å². The zero-order valence-electron chi connectivity index (χ0n) is 20.0. The largest absolute Gasteiger partial charge is 0.499 e. The van der Waals surface area contributed by atoms with E-state index in [9.17, 15) is 33.7 Å². The van der Waals surface area contributed by atoms with Crippen molar-refractivity contribution in [1.29, 1.82) is 0 Å². The van der Waals surface area contributed by atoms with Crippen LogP contribution in [0.5, 0.6) is 0 Å². The summed E-state index contributed by atoms with van der Waals surface area (Å²) in [4.78, 5) is 4.64. The molecule has 12 nitrogen and oxygen atoms in total. The summed E-state index contributed by atoms with van der Waals surface area (Å²) in [6, 6.07) is 5.54. The highest BCUT2D eigenvalue weighted by atomic mass is 32.3. The topological polar surface area (TPSA) is 209 Å². The molecule has 0 unspecified atom stereocenters. The van der Waals surface area contributed by atoms with E-state index in [1.165, 1.54) is 65.8 Å². The average molecular weight is 557 g/mol. The third-order valence-electron chi connectivity index (χ3n) is 4.11. The highest BCUT2D eigenvalue weighted by Crippen LogP contribution is 2.25. The van der Waals surface area contributed by atoms with Gasteiger partial charge in [0.05, 0.1) is 20.6 Å². The van der Waals surface area contributed by atoms with Crippen molar-refractivity contribution in [1.82, 2.24) is 0 Å². The fourth-order valence-electron chi connectivity index (χ4n) is 1.92. The SMILES string of the molecule is CC(C)(C)S(=O)(=O)C(=[N+]=[N-])S(=O)(=O)C(C)(C)C.Cc1ccc(S(=O)(=O)C(=[N+]=[N-])S(C)(=O)=O)cc1. The van der Waals surface area contributed by atoms with Crippen molar-refractivity contribution in [2.45, 2.75) is 62.9 Å². The molecule has 0 N–H and O–H groups in total. The van der Waals surface area contributed by atoms with Gasteiger partial charge in [0.2, 0.25) is 0 Å². The minimum absolute atomic E-state index is 0.235. The molecule has 16 heteroatoms. The first-order valence-corrected chi connectivity index (χ1v) is 15.7. The Balaban J connectivity index is 0.000000641. The molecule has 0 atom stereocenters. The van der Waals surface area contributed by atoms with Gasteiger partial charge in [-0.2, -0.15) is 0 Å². The van der Waals surface area contributed by atoms with Gasteiger partial charge in [-0.1, -0.05) is 17.7 Å². The lowest BCUT2D eigenvalue weighted by atomic mass is 10.2. The third kappa shape index (κ3) is 6.90. The molecule has 1 aromatic rings. The maximum absolute atomic E-state index is 12.0. The molecule has 192 valence electrons. The minimum atomic E-state index is -4.31. The van der Waals surface area contributed by atoms with Crippen LogP contribution in [0.3, 0.4) is 0 Å². The average Bonchev–Trinajstić information content (AvgIpc) is 2.59. The van der Waals surface area contributed by atoms with E-state index in [4.69, 9.17) is 11.1 Å². The lowest BCUT2D eigenvalue weighted by Crippen LogP contribution is -2.45. The number of rotatable bonds is 1. The molecule has 0 fully saturated rings. The molecule has 0 aromatic heterocycles. The Morgan fingerprint density at radius 2 is 1.00 bits per heavy atom. The van der Waals surface area contributed by atoms with Crippen molar-refractivity contribution in [2.75, 3.05) is 6.26 Å². The second kappa shape index (κ2) is 10.2. The normalized spacial score (nSPS) is 13.1. The van der Waals surface area contributed by atoms with E-state index >= 15 is 0 Å². The molecule has 0 saturated heterocycles. The van der Waals surface area contributed by atoms with E-state index in [-0.39, 0.29) is 4.90 Å². The van der Waals surface area contributed by atoms with Crippen LogP contribution in [0.1, 0.15) is 47.1 Å². The van der Waals surface area contributed by atoms with Gasteiger partial charge in [-0.05, 0) is 60.6 Å². The van der Waals surface area contributed by atoms with Crippen LogP contribution >= 0.6 is 0 Å². The molecule has 0 aliphatic rings. The van der Waals surface area contributed by atoms with E-state index < -0.39 is 57.6 Å². The van der Waals surface area contributed by atoms with Crippen molar-refractivity contribution in [3.05, 3.63) is 40.9 Å². The summed E-state index contributed by atoms with van der Waals surface area (Å²) in [6.07, 6.45) is 0.661.